The molecule has 7 heteroatoms. The van der Waals surface area contributed by atoms with Gasteiger partial charge in [-0.1, -0.05) is 29.8 Å². The highest BCUT2D eigenvalue weighted by molar-refractivity contribution is 6.46. The number of amides is 3. The number of anilines is 4. The summed E-state index contributed by atoms with van der Waals surface area (Å²) in [5.74, 6) is -1.00. The van der Waals surface area contributed by atoms with E-state index in [0.29, 0.717) is 22.6 Å². The standard InChI is InChI=1S/C28H28N4O3/c1-17-6-15-24(18(2)16-17)32-27(34)25(20-7-9-21(10-8-20)29-19(3)33)26(28(32)35)30-22-11-13-23(14-12-22)31(4)5/h6-16,30H,1-5H3,(H,29,33). The van der Waals surface area contributed by atoms with Crippen LogP contribution in [0.2, 0.25) is 0 Å². The van der Waals surface area contributed by atoms with Crippen LogP contribution in [0.1, 0.15) is 23.6 Å². The minimum absolute atomic E-state index is 0.186. The van der Waals surface area contributed by atoms with E-state index in [-0.39, 0.29) is 17.2 Å². The predicted molar refractivity (Wildman–Crippen MR) is 140 cm³/mol. The summed E-state index contributed by atoms with van der Waals surface area (Å²) in [7, 11) is 3.91. The lowest BCUT2D eigenvalue weighted by molar-refractivity contribution is -0.120. The second kappa shape index (κ2) is 9.46. The summed E-state index contributed by atoms with van der Waals surface area (Å²) in [6.07, 6.45) is 0. The first kappa shape index (κ1) is 23.8. The zero-order valence-corrected chi connectivity index (χ0v) is 20.5. The van der Waals surface area contributed by atoms with E-state index in [0.717, 1.165) is 16.8 Å². The number of imide groups is 1. The van der Waals surface area contributed by atoms with Crippen molar-refractivity contribution in [2.24, 2.45) is 0 Å². The van der Waals surface area contributed by atoms with Gasteiger partial charge in [0.1, 0.15) is 5.70 Å². The van der Waals surface area contributed by atoms with Gasteiger partial charge in [0.15, 0.2) is 0 Å². The summed E-state index contributed by atoms with van der Waals surface area (Å²) < 4.78 is 0. The predicted octanol–water partition coefficient (Wildman–Crippen LogP) is 4.72. The Hall–Kier alpha value is -4.39. The van der Waals surface area contributed by atoms with E-state index in [2.05, 4.69) is 10.6 Å². The van der Waals surface area contributed by atoms with E-state index < -0.39 is 11.8 Å². The van der Waals surface area contributed by atoms with E-state index in [1.165, 1.54) is 11.8 Å². The van der Waals surface area contributed by atoms with Crippen molar-refractivity contribution in [2.45, 2.75) is 20.8 Å². The number of nitrogens with zero attached hydrogens (tertiary/aromatic N) is 2. The van der Waals surface area contributed by atoms with Gasteiger partial charge in [-0.3, -0.25) is 14.4 Å². The fourth-order valence-corrected chi connectivity index (χ4v) is 4.10. The Morgan fingerprint density at radius 1 is 0.829 bits per heavy atom. The second-order valence-corrected chi connectivity index (χ2v) is 8.81. The zero-order valence-electron chi connectivity index (χ0n) is 20.5. The summed E-state index contributed by atoms with van der Waals surface area (Å²) in [6.45, 7) is 5.28. The third-order valence-corrected chi connectivity index (χ3v) is 5.82. The molecule has 3 aromatic rings. The van der Waals surface area contributed by atoms with E-state index in [1.54, 1.807) is 30.3 Å². The molecular weight excluding hydrogens is 440 g/mol. The number of nitrogens with one attached hydrogen (secondary N) is 2. The van der Waals surface area contributed by atoms with Crippen LogP contribution in [0.5, 0.6) is 0 Å². The molecule has 1 heterocycles. The number of carbonyl (C=O) groups excluding carboxylic acids is 3. The Bertz CT molecular complexity index is 1340. The van der Waals surface area contributed by atoms with Gasteiger partial charge in [0, 0.05) is 38.1 Å². The molecule has 1 aliphatic rings. The molecule has 7 nitrogen and oxygen atoms in total. The molecule has 2 N–H and O–H groups in total. The lowest BCUT2D eigenvalue weighted by Crippen LogP contribution is -2.33. The molecule has 178 valence electrons. The average molecular weight is 469 g/mol. The molecule has 35 heavy (non-hydrogen) atoms. The van der Waals surface area contributed by atoms with Crippen molar-refractivity contribution in [3.8, 4) is 0 Å². The Morgan fingerprint density at radius 2 is 1.46 bits per heavy atom. The highest BCUT2D eigenvalue weighted by Crippen LogP contribution is 2.36. The molecule has 0 fully saturated rings. The maximum absolute atomic E-state index is 13.7. The molecular formula is C28H28N4O3. The highest BCUT2D eigenvalue weighted by Gasteiger charge is 2.40. The Labute approximate surface area is 205 Å². The number of carbonyl (C=O) groups is 3. The molecule has 3 amide bonds. The van der Waals surface area contributed by atoms with Crippen LogP contribution >= 0.6 is 0 Å². The second-order valence-electron chi connectivity index (χ2n) is 8.81. The average Bonchev–Trinajstić information content (AvgIpc) is 3.04. The van der Waals surface area contributed by atoms with Crippen LogP contribution in [0, 0.1) is 13.8 Å². The topological polar surface area (TPSA) is 81.8 Å². The molecule has 0 saturated heterocycles. The molecule has 0 saturated carbocycles. The first-order valence-corrected chi connectivity index (χ1v) is 11.3. The lowest BCUT2D eigenvalue weighted by Gasteiger charge is -2.18. The van der Waals surface area contributed by atoms with Gasteiger partial charge < -0.3 is 15.5 Å². The van der Waals surface area contributed by atoms with Crippen molar-refractivity contribution in [2.75, 3.05) is 34.5 Å². The lowest BCUT2D eigenvalue weighted by atomic mass is 10.0. The third kappa shape index (κ3) is 4.80. The summed E-state index contributed by atoms with van der Waals surface area (Å²) >= 11 is 0. The quantitative estimate of drug-likeness (QED) is 0.512. The minimum atomic E-state index is -0.417. The maximum Gasteiger partial charge on any atom is 0.282 e. The van der Waals surface area contributed by atoms with Gasteiger partial charge in [0.05, 0.1) is 11.3 Å². The molecule has 0 aromatic heterocycles. The molecule has 0 bridgehead atoms. The van der Waals surface area contributed by atoms with Gasteiger partial charge in [0.25, 0.3) is 11.8 Å². The maximum atomic E-state index is 13.7. The largest absolute Gasteiger partial charge is 0.378 e. The SMILES string of the molecule is CC(=O)Nc1ccc(C2=C(Nc3ccc(N(C)C)cc3)C(=O)N(c3ccc(C)cc3C)C2=O)cc1. The summed E-state index contributed by atoms with van der Waals surface area (Å²) in [6, 6.07) is 20.1. The normalized spacial score (nSPS) is 13.3. The molecule has 0 unspecified atom stereocenters. The molecule has 4 rings (SSSR count). The smallest absolute Gasteiger partial charge is 0.282 e. The Morgan fingerprint density at radius 3 is 2.03 bits per heavy atom. The van der Waals surface area contributed by atoms with Crippen LogP contribution in [-0.4, -0.2) is 31.8 Å². The number of aryl methyl sites for hydroxylation is 2. The van der Waals surface area contributed by atoms with Crippen LogP contribution in [0.15, 0.2) is 72.4 Å². The van der Waals surface area contributed by atoms with Gasteiger partial charge in [-0.25, -0.2) is 4.90 Å². The van der Waals surface area contributed by atoms with Gasteiger partial charge in [-0.05, 0) is 67.4 Å². The fourth-order valence-electron chi connectivity index (χ4n) is 4.10. The molecule has 0 spiro atoms. The molecule has 0 atom stereocenters. The van der Waals surface area contributed by atoms with Crippen molar-refractivity contribution in [1.29, 1.82) is 0 Å². The molecule has 0 aliphatic carbocycles. The van der Waals surface area contributed by atoms with Crippen molar-refractivity contribution >= 4 is 46.0 Å². The van der Waals surface area contributed by atoms with Gasteiger partial charge >= 0.3 is 0 Å². The van der Waals surface area contributed by atoms with E-state index in [9.17, 15) is 14.4 Å². The van der Waals surface area contributed by atoms with Crippen molar-refractivity contribution in [3.63, 3.8) is 0 Å². The fraction of sp³-hybridized carbons (Fsp3) is 0.179. The molecule has 1 aliphatic heterocycles. The van der Waals surface area contributed by atoms with Crippen LogP contribution in [0.25, 0.3) is 5.57 Å². The Balaban J connectivity index is 1.78. The van der Waals surface area contributed by atoms with Crippen LogP contribution in [0.3, 0.4) is 0 Å². The zero-order chi connectivity index (χ0) is 25.3. The monoisotopic (exact) mass is 468 g/mol. The molecule has 3 aromatic carbocycles. The highest BCUT2D eigenvalue weighted by atomic mass is 16.2. The number of benzene rings is 3. The van der Waals surface area contributed by atoms with Gasteiger partial charge in [-0.15, -0.1) is 0 Å². The van der Waals surface area contributed by atoms with Crippen molar-refractivity contribution in [3.05, 3.63) is 89.1 Å². The summed E-state index contributed by atoms with van der Waals surface area (Å²) in [5.41, 5.74) is 5.83. The molecule has 0 radical (unpaired) electrons. The van der Waals surface area contributed by atoms with Crippen molar-refractivity contribution in [1.82, 2.24) is 0 Å². The van der Waals surface area contributed by atoms with E-state index in [4.69, 9.17) is 0 Å². The third-order valence-electron chi connectivity index (χ3n) is 5.82. The minimum Gasteiger partial charge on any atom is -0.378 e. The first-order chi connectivity index (χ1) is 16.7. The van der Waals surface area contributed by atoms with E-state index in [1.807, 2.05) is 69.2 Å². The summed E-state index contributed by atoms with van der Waals surface area (Å²) in [4.78, 5) is 41.9. The summed E-state index contributed by atoms with van der Waals surface area (Å²) in [5, 5.41) is 5.91. The van der Waals surface area contributed by atoms with Gasteiger partial charge in [-0.2, -0.15) is 0 Å². The number of rotatable bonds is 6. The van der Waals surface area contributed by atoms with Crippen LogP contribution in [0.4, 0.5) is 22.7 Å². The Kier molecular flexibility index (Phi) is 6.42. The number of hydrogen-bond donors (Lipinski definition) is 2. The van der Waals surface area contributed by atoms with Gasteiger partial charge in [0.2, 0.25) is 5.91 Å². The van der Waals surface area contributed by atoms with Crippen molar-refractivity contribution < 1.29 is 14.4 Å². The van der Waals surface area contributed by atoms with Crippen LogP contribution < -0.4 is 20.4 Å². The van der Waals surface area contributed by atoms with Crippen LogP contribution in [-0.2, 0) is 14.4 Å². The first-order valence-electron chi connectivity index (χ1n) is 11.3. The number of hydrogen-bond acceptors (Lipinski definition) is 5. The van der Waals surface area contributed by atoms with E-state index >= 15 is 0 Å².